The van der Waals surface area contributed by atoms with Gasteiger partial charge in [-0.25, -0.2) is 4.57 Å². The summed E-state index contributed by atoms with van der Waals surface area (Å²) < 4.78 is 30.4. The number of hydrogen-bond donors (Lipinski definition) is 0. The van der Waals surface area contributed by atoms with E-state index in [1.807, 2.05) is 18.2 Å². The third-order valence-corrected chi connectivity index (χ3v) is 7.28. The van der Waals surface area contributed by atoms with E-state index >= 15 is 0 Å². The minimum absolute atomic E-state index is 0.0366. The minimum atomic E-state index is -4.15. The van der Waals surface area contributed by atoms with Crippen molar-refractivity contribution in [3.63, 3.8) is 0 Å². The zero-order valence-electron chi connectivity index (χ0n) is 17.4. The van der Waals surface area contributed by atoms with Crippen LogP contribution in [0.1, 0.15) is 12.0 Å². The maximum absolute atomic E-state index is 13.2. The molecule has 0 aliphatic carbocycles. The Morgan fingerprint density at radius 3 is 2.59 bits per heavy atom. The molecule has 0 amide bonds. The van der Waals surface area contributed by atoms with Crippen molar-refractivity contribution in [3.8, 4) is 5.75 Å². The van der Waals surface area contributed by atoms with E-state index in [2.05, 4.69) is 19.2 Å². The lowest BCUT2D eigenvalue weighted by molar-refractivity contribution is -0.931. The van der Waals surface area contributed by atoms with Crippen molar-refractivity contribution in [3.05, 3.63) is 74.3 Å². The molecular formula is C20H23N3O8P+. The number of quaternary nitrogens is 1. The zero-order valence-corrected chi connectivity index (χ0v) is 18.3. The number of nitrogens with zero attached hydrogens (tertiary/aromatic N) is 3. The lowest BCUT2D eigenvalue weighted by Crippen LogP contribution is -2.57. The highest BCUT2D eigenvalue weighted by Gasteiger charge is 2.49. The quantitative estimate of drug-likeness (QED) is 0.271. The highest BCUT2D eigenvalue weighted by molar-refractivity contribution is 7.49. The van der Waals surface area contributed by atoms with Crippen molar-refractivity contribution >= 4 is 19.2 Å². The number of rotatable bonds is 6. The van der Waals surface area contributed by atoms with Gasteiger partial charge in [0.1, 0.15) is 19.2 Å². The molecule has 0 N–H and O–H groups in total. The Labute approximate surface area is 184 Å². The van der Waals surface area contributed by atoms with Gasteiger partial charge < -0.3 is 9.01 Å². The fourth-order valence-corrected chi connectivity index (χ4v) is 5.70. The van der Waals surface area contributed by atoms with Crippen LogP contribution in [0.4, 0.5) is 11.4 Å². The van der Waals surface area contributed by atoms with Crippen molar-refractivity contribution < 1.29 is 32.5 Å². The average Bonchev–Trinajstić information content (AvgIpc) is 2.73. The molecule has 4 atom stereocenters. The fourth-order valence-electron chi connectivity index (χ4n) is 4.21. The molecule has 2 unspecified atom stereocenters. The molecule has 2 saturated heterocycles. The molecule has 2 aromatic carbocycles. The summed E-state index contributed by atoms with van der Waals surface area (Å²) in [5.74, 6) is -0.366. The van der Waals surface area contributed by atoms with Gasteiger partial charge >= 0.3 is 13.5 Å². The molecule has 12 heteroatoms. The largest absolute Gasteiger partial charge is 0.530 e. The van der Waals surface area contributed by atoms with Gasteiger partial charge in [-0.15, -0.1) is 0 Å². The van der Waals surface area contributed by atoms with Crippen LogP contribution in [-0.4, -0.2) is 47.2 Å². The molecule has 32 heavy (non-hydrogen) atoms. The fraction of sp³-hybridized carbons (Fsp3) is 0.400. The summed E-state index contributed by atoms with van der Waals surface area (Å²) in [7, 11) is -2.05. The molecule has 0 radical (unpaired) electrons. The maximum Gasteiger partial charge on any atom is 0.530 e. The number of nitro benzene ring substituents is 2. The Bertz CT molecular complexity index is 1080. The van der Waals surface area contributed by atoms with Gasteiger partial charge in [-0.05, 0) is 6.07 Å². The molecule has 2 heterocycles. The Balaban J connectivity index is 1.51. The first-order valence-corrected chi connectivity index (χ1v) is 11.6. The van der Waals surface area contributed by atoms with Crippen molar-refractivity contribution in [2.45, 2.75) is 19.1 Å². The smallest absolute Gasteiger partial charge is 0.397 e. The first-order chi connectivity index (χ1) is 15.2. The summed E-state index contributed by atoms with van der Waals surface area (Å²) in [5.41, 5.74) is 0.0210. The number of likely N-dealkylation sites (tertiary alicyclic amines) is 1. The monoisotopic (exact) mass is 464 g/mol. The second-order valence-corrected chi connectivity index (χ2v) is 9.91. The van der Waals surface area contributed by atoms with E-state index in [-0.39, 0.29) is 12.5 Å². The number of fused-ring (bicyclic) bond motifs is 1. The molecule has 2 aliphatic rings. The topological polar surface area (TPSA) is 131 Å². The van der Waals surface area contributed by atoms with Crippen molar-refractivity contribution in [1.82, 2.24) is 0 Å². The molecule has 170 valence electrons. The Morgan fingerprint density at radius 1 is 1.16 bits per heavy atom. The van der Waals surface area contributed by atoms with E-state index in [4.69, 9.17) is 13.6 Å². The number of phosphoric acid groups is 1. The predicted octanol–water partition coefficient (Wildman–Crippen LogP) is 4.07. The Kier molecular flexibility index (Phi) is 6.00. The predicted molar refractivity (Wildman–Crippen MR) is 113 cm³/mol. The van der Waals surface area contributed by atoms with Gasteiger partial charge in [0.25, 0.3) is 5.69 Å². The molecule has 0 aromatic heterocycles. The van der Waals surface area contributed by atoms with Crippen molar-refractivity contribution in [1.29, 1.82) is 0 Å². The lowest BCUT2D eigenvalue weighted by atomic mass is 9.92. The number of benzene rings is 2. The van der Waals surface area contributed by atoms with Gasteiger partial charge in [-0.1, -0.05) is 30.3 Å². The minimum Gasteiger partial charge on any atom is -0.397 e. The van der Waals surface area contributed by atoms with Gasteiger partial charge in [-0.3, -0.25) is 29.3 Å². The number of non-ortho nitro benzene ring substituents is 1. The SMILES string of the molecule is C[N+]1(Cc2ccccc2)CC[C@@H]2COP(=O)(Oc3ccc([N+](=O)[O-])cc3[N+](=O)[O-])O[C@H]2C1. The van der Waals surface area contributed by atoms with Gasteiger partial charge in [-0.2, -0.15) is 0 Å². The molecule has 0 spiro atoms. The molecular weight excluding hydrogens is 441 g/mol. The van der Waals surface area contributed by atoms with E-state index in [0.717, 1.165) is 37.7 Å². The van der Waals surface area contributed by atoms with E-state index < -0.39 is 40.9 Å². The maximum atomic E-state index is 13.2. The third-order valence-electron chi connectivity index (χ3n) is 5.86. The summed E-state index contributed by atoms with van der Waals surface area (Å²) in [6.07, 6.45) is 0.403. The normalized spacial score (nSPS) is 29.7. The van der Waals surface area contributed by atoms with Crippen LogP contribution in [0.25, 0.3) is 0 Å². The second kappa shape index (κ2) is 8.59. The molecule has 0 saturated carbocycles. The molecule has 2 aromatic rings. The number of piperidine rings is 1. The third kappa shape index (κ3) is 4.81. The number of nitro groups is 2. The second-order valence-electron chi connectivity index (χ2n) is 8.36. The van der Waals surface area contributed by atoms with Gasteiger partial charge in [0.2, 0.25) is 5.75 Å². The molecule has 2 fully saturated rings. The average molecular weight is 464 g/mol. The van der Waals surface area contributed by atoms with Gasteiger partial charge in [0, 0.05) is 24.0 Å². The van der Waals surface area contributed by atoms with E-state index in [9.17, 15) is 24.8 Å². The first-order valence-electron chi connectivity index (χ1n) is 10.1. The summed E-state index contributed by atoms with van der Waals surface area (Å²) in [4.78, 5) is 20.7. The van der Waals surface area contributed by atoms with Crippen molar-refractivity contribution in [2.75, 3.05) is 26.7 Å². The van der Waals surface area contributed by atoms with Crippen LogP contribution in [0.5, 0.6) is 5.75 Å². The molecule has 0 bridgehead atoms. The van der Waals surface area contributed by atoms with Crippen LogP contribution in [0.2, 0.25) is 0 Å². The molecule has 4 rings (SSSR count). The first kappa shape index (κ1) is 22.3. The Morgan fingerprint density at radius 2 is 1.91 bits per heavy atom. The molecule has 2 aliphatic heterocycles. The van der Waals surface area contributed by atoms with Gasteiger partial charge in [0.05, 0.1) is 36.1 Å². The number of likely N-dealkylation sites (N-methyl/N-ethyl adjacent to an activating group) is 1. The highest BCUT2D eigenvalue weighted by atomic mass is 31.2. The van der Waals surface area contributed by atoms with Crippen LogP contribution in [0.15, 0.2) is 48.5 Å². The number of phosphoric ester groups is 1. The lowest BCUT2D eigenvalue weighted by Gasteiger charge is -2.46. The van der Waals surface area contributed by atoms with Crippen LogP contribution in [0.3, 0.4) is 0 Å². The molecule has 11 nitrogen and oxygen atoms in total. The summed E-state index contributed by atoms with van der Waals surface area (Å²) in [6, 6.07) is 12.9. The summed E-state index contributed by atoms with van der Waals surface area (Å²) in [6.45, 7) is 2.42. The Hall–Kier alpha value is -2.85. The standard InChI is InChI=1S/C20H23N3O8P/c1-23(12-15-5-3-2-4-6-15)10-9-16-14-29-32(28,31-20(16)13-23)30-19-8-7-17(21(24)25)11-18(19)22(26)27/h2-8,11,16,20H,9-10,12-14H2,1H3/q+1/t16-,20+,23?,32?/m1/s1. The highest BCUT2D eigenvalue weighted by Crippen LogP contribution is 2.57. The van der Waals surface area contributed by atoms with Crippen LogP contribution < -0.4 is 4.52 Å². The van der Waals surface area contributed by atoms with E-state index in [1.54, 1.807) is 0 Å². The summed E-state index contributed by atoms with van der Waals surface area (Å²) in [5, 5.41) is 22.3. The van der Waals surface area contributed by atoms with Crippen molar-refractivity contribution in [2.24, 2.45) is 5.92 Å². The van der Waals surface area contributed by atoms with Crippen LogP contribution >= 0.6 is 7.82 Å². The van der Waals surface area contributed by atoms with E-state index in [1.165, 1.54) is 5.56 Å². The van der Waals surface area contributed by atoms with E-state index in [0.29, 0.717) is 11.0 Å². The zero-order chi connectivity index (χ0) is 22.9. The summed E-state index contributed by atoms with van der Waals surface area (Å²) >= 11 is 0. The van der Waals surface area contributed by atoms with Crippen LogP contribution in [0, 0.1) is 26.1 Å². The van der Waals surface area contributed by atoms with Crippen LogP contribution in [-0.2, 0) is 20.2 Å². The van der Waals surface area contributed by atoms with Gasteiger partial charge in [0.15, 0.2) is 0 Å². The number of hydrogen-bond acceptors (Lipinski definition) is 8.